The van der Waals surface area contributed by atoms with Crippen molar-refractivity contribution in [2.45, 2.75) is 13.0 Å². The van der Waals surface area contributed by atoms with Gasteiger partial charge < -0.3 is 10.2 Å². The van der Waals surface area contributed by atoms with Gasteiger partial charge in [-0.3, -0.25) is 4.79 Å². The molecule has 0 bridgehead atoms. The topological polar surface area (TPSA) is 45.2 Å². The van der Waals surface area contributed by atoms with Crippen molar-refractivity contribution >= 4 is 17.2 Å². The van der Waals surface area contributed by atoms with Gasteiger partial charge in [-0.05, 0) is 24.0 Å². The predicted octanol–water partition coefficient (Wildman–Crippen LogP) is 4.15. The first kappa shape index (κ1) is 17.6. The van der Waals surface area contributed by atoms with E-state index in [1.165, 1.54) is 11.1 Å². The maximum Gasteiger partial charge on any atom is 0.273 e. The van der Waals surface area contributed by atoms with Crippen LogP contribution in [0.2, 0.25) is 0 Å². The highest BCUT2D eigenvalue weighted by molar-refractivity contribution is 7.13. The predicted molar refractivity (Wildman–Crippen MR) is 112 cm³/mol. The lowest BCUT2D eigenvalue weighted by Gasteiger charge is -2.29. The van der Waals surface area contributed by atoms with Gasteiger partial charge in [0.05, 0.1) is 6.04 Å². The minimum Gasteiger partial charge on any atom is -0.330 e. The Morgan fingerprint density at radius 1 is 1.11 bits per heavy atom. The summed E-state index contributed by atoms with van der Waals surface area (Å²) in [6.45, 7) is 4.90. The van der Waals surface area contributed by atoms with Crippen molar-refractivity contribution < 1.29 is 4.79 Å². The maximum absolute atomic E-state index is 13.5. The highest BCUT2D eigenvalue weighted by atomic mass is 32.1. The van der Waals surface area contributed by atoms with Crippen LogP contribution in [0.1, 0.15) is 27.7 Å². The van der Waals surface area contributed by atoms with Crippen LogP contribution in [-0.2, 0) is 0 Å². The SMILES string of the molecule is Cc1ccccc1[C@H]1[C@H]2CNC[C@H]2CN1C(=O)c1csc(-c2ccccc2)n1. The van der Waals surface area contributed by atoms with Gasteiger partial charge in [0.1, 0.15) is 10.7 Å². The molecule has 3 atom stereocenters. The first-order valence-electron chi connectivity index (χ1n) is 9.80. The number of nitrogens with zero attached hydrogens (tertiary/aromatic N) is 2. The Morgan fingerprint density at radius 3 is 2.71 bits per heavy atom. The molecule has 28 heavy (non-hydrogen) atoms. The molecule has 0 spiro atoms. The molecule has 5 heteroatoms. The minimum absolute atomic E-state index is 0.0566. The van der Waals surface area contributed by atoms with E-state index in [9.17, 15) is 4.79 Å². The van der Waals surface area contributed by atoms with E-state index in [0.717, 1.165) is 30.2 Å². The lowest BCUT2D eigenvalue weighted by atomic mass is 9.87. The summed E-state index contributed by atoms with van der Waals surface area (Å²) in [7, 11) is 0. The Labute approximate surface area is 169 Å². The van der Waals surface area contributed by atoms with Crippen molar-refractivity contribution in [3.05, 3.63) is 76.8 Å². The van der Waals surface area contributed by atoms with Crippen molar-refractivity contribution in [1.82, 2.24) is 15.2 Å². The Kier molecular flexibility index (Phi) is 4.49. The Morgan fingerprint density at radius 2 is 1.89 bits per heavy atom. The molecule has 5 rings (SSSR count). The van der Waals surface area contributed by atoms with Crippen LogP contribution in [0.25, 0.3) is 10.6 Å². The monoisotopic (exact) mass is 389 g/mol. The van der Waals surface area contributed by atoms with E-state index in [1.807, 2.05) is 35.7 Å². The van der Waals surface area contributed by atoms with Crippen molar-refractivity contribution in [2.24, 2.45) is 11.8 Å². The molecule has 3 heterocycles. The summed E-state index contributed by atoms with van der Waals surface area (Å²) in [5, 5.41) is 6.33. The van der Waals surface area contributed by atoms with Crippen LogP contribution in [0.5, 0.6) is 0 Å². The highest BCUT2D eigenvalue weighted by Crippen LogP contribution is 2.44. The number of nitrogens with one attached hydrogen (secondary N) is 1. The number of hydrogen-bond acceptors (Lipinski definition) is 4. The normalized spacial score (nSPS) is 23.8. The van der Waals surface area contributed by atoms with Gasteiger partial charge in [-0.2, -0.15) is 0 Å². The molecule has 1 N–H and O–H groups in total. The van der Waals surface area contributed by atoms with Gasteiger partial charge in [0.2, 0.25) is 0 Å². The number of aryl methyl sites for hydroxylation is 1. The van der Waals surface area contributed by atoms with Crippen LogP contribution in [-0.4, -0.2) is 35.4 Å². The molecular weight excluding hydrogens is 366 g/mol. The third-order valence-corrected chi connectivity index (χ3v) is 6.97. The van der Waals surface area contributed by atoms with Gasteiger partial charge in [0, 0.05) is 36.5 Å². The lowest BCUT2D eigenvalue weighted by molar-refractivity contribution is 0.0708. The standard InChI is InChI=1S/C23H23N3OS/c1-15-7-5-6-10-18(15)21-19-12-24-11-17(19)13-26(21)23(27)20-14-28-22(25-20)16-8-3-2-4-9-16/h2-10,14,17,19,21,24H,11-13H2,1H3/t17-,19-,21-/m0/s1. The van der Waals surface area contributed by atoms with Crippen LogP contribution in [0.4, 0.5) is 0 Å². The van der Waals surface area contributed by atoms with E-state index in [0.29, 0.717) is 17.5 Å². The fourth-order valence-corrected chi connectivity index (χ4v) is 5.48. The van der Waals surface area contributed by atoms with Crippen LogP contribution < -0.4 is 5.32 Å². The van der Waals surface area contributed by atoms with Gasteiger partial charge >= 0.3 is 0 Å². The van der Waals surface area contributed by atoms with Crippen LogP contribution in [0.15, 0.2) is 60.0 Å². The molecule has 0 radical (unpaired) electrons. The van der Waals surface area contributed by atoms with E-state index in [4.69, 9.17) is 0 Å². The Hall–Kier alpha value is -2.50. The zero-order chi connectivity index (χ0) is 19.1. The zero-order valence-corrected chi connectivity index (χ0v) is 16.7. The van der Waals surface area contributed by atoms with E-state index < -0.39 is 0 Å². The lowest BCUT2D eigenvalue weighted by Crippen LogP contribution is -2.35. The van der Waals surface area contributed by atoms with Gasteiger partial charge in [-0.15, -0.1) is 11.3 Å². The molecule has 1 aromatic heterocycles. The third kappa shape index (κ3) is 2.95. The molecule has 2 saturated heterocycles. The molecule has 0 saturated carbocycles. The summed E-state index contributed by atoms with van der Waals surface area (Å²) in [4.78, 5) is 20.2. The number of carbonyl (C=O) groups is 1. The first-order valence-corrected chi connectivity index (χ1v) is 10.7. The molecule has 2 aliphatic rings. The number of amides is 1. The second kappa shape index (κ2) is 7.15. The van der Waals surface area contributed by atoms with E-state index in [1.54, 1.807) is 11.3 Å². The van der Waals surface area contributed by atoms with Crippen molar-refractivity contribution in [3.63, 3.8) is 0 Å². The van der Waals surface area contributed by atoms with Crippen LogP contribution >= 0.6 is 11.3 Å². The first-order chi connectivity index (χ1) is 13.7. The molecule has 2 aromatic carbocycles. The summed E-state index contributed by atoms with van der Waals surface area (Å²) in [5.41, 5.74) is 4.14. The molecule has 3 aromatic rings. The molecule has 1 amide bonds. The molecular formula is C23H23N3OS. The summed E-state index contributed by atoms with van der Waals surface area (Å²) >= 11 is 1.54. The second-order valence-corrected chi connectivity index (χ2v) is 8.60. The largest absolute Gasteiger partial charge is 0.330 e. The number of aromatic nitrogens is 1. The van der Waals surface area contributed by atoms with Gasteiger partial charge in [0.25, 0.3) is 5.91 Å². The van der Waals surface area contributed by atoms with E-state index >= 15 is 0 Å². The molecule has 2 aliphatic heterocycles. The average Bonchev–Trinajstić information content (AvgIpc) is 3.45. The summed E-state index contributed by atoms with van der Waals surface area (Å²) in [5.74, 6) is 1.04. The fraction of sp³-hybridized carbons (Fsp3) is 0.304. The van der Waals surface area contributed by atoms with Crippen molar-refractivity contribution in [1.29, 1.82) is 0 Å². The summed E-state index contributed by atoms with van der Waals surface area (Å²) in [6, 6.07) is 18.7. The van der Waals surface area contributed by atoms with Gasteiger partial charge in [-0.1, -0.05) is 54.6 Å². The van der Waals surface area contributed by atoms with E-state index in [2.05, 4.69) is 46.4 Å². The van der Waals surface area contributed by atoms with Crippen molar-refractivity contribution in [2.75, 3.05) is 19.6 Å². The molecule has 2 fully saturated rings. The highest BCUT2D eigenvalue weighted by Gasteiger charge is 2.47. The Bertz CT molecular complexity index is 1000. The summed E-state index contributed by atoms with van der Waals surface area (Å²) < 4.78 is 0. The molecule has 0 aliphatic carbocycles. The Balaban J connectivity index is 1.48. The summed E-state index contributed by atoms with van der Waals surface area (Å²) in [6.07, 6.45) is 0. The smallest absolute Gasteiger partial charge is 0.273 e. The zero-order valence-electron chi connectivity index (χ0n) is 15.8. The number of benzene rings is 2. The van der Waals surface area contributed by atoms with Crippen molar-refractivity contribution in [3.8, 4) is 10.6 Å². The maximum atomic E-state index is 13.5. The second-order valence-electron chi connectivity index (χ2n) is 7.75. The number of rotatable bonds is 3. The number of carbonyl (C=O) groups excluding carboxylic acids is 1. The van der Waals surface area contributed by atoms with E-state index in [-0.39, 0.29) is 11.9 Å². The van der Waals surface area contributed by atoms with Crippen LogP contribution in [0, 0.1) is 18.8 Å². The number of hydrogen-bond donors (Lipinski definition) is 1. The minimum atomic E-state index is 0.0566. The quantitative estimate of drug-likeness (QED) is 0.732. The van der Waals surface area contributed by atoms with Crippen LogP contribution in [0.3, 0.4) is 0 Å². The molecule has 142 valence electrons. The third-order valence-electron chi connectivity index (χ3n) is 6.08. The molecule has 0 unspecified atom stereocenters. The van der Waals surface area contributed by atoms with Gasteiger partial charge in [-0.25, -0.2) is 4.98 Å². The average molecular weight is 390 g/mol. The fourth-order valence-electron chi connectivity index (χ4n) is 4.68. The number of thiazole rings is 1. The van der Waals surface area contributed by atoms with Gasteiger partial charge in [0.15, 0.2) is 0 Å². The number of likely N-dealkylation sites (tertiary alicyclic amines) is 1. The number of fused-ring (bicyclic) bond motifs is 1. The molecule has 4 nitrogen and oxygen atoms in total.